The van der Waals surface area contributed by atoms with Gasteiger partial charge in [0.05, 0.1) is 26.4 Å². The lowest BCUT2D eigenvalue weighted by atomic mass is 10.4. The SMILES string of the molecule is C[N+]1(S(C)(=O)=O)CCCC1. The Balaban J connectivity index is 2.88. The van der Waals surface area contributed by atoms with Gasteiger partial charge < -0.3 is 0 Å². The van der Waals surface area contributed by atoms with Crippen LogP contribution in [0.1, 0.15) is 12.8 Å². The number of nitrogens with zero attached hydrogens (tertiary/aromatic N) is 1. The Kier molecular flexibility index (Phi) is 1.76. The zero-order valence-corrected chi connectivity index (χ0v) is 7.32. The van der Waals surface area contributed by atoms with Crippen molar-refractivity contribution in [3.05, 3.63) is 0 Å². The second-order valence-corrected chi connectivity index (χ2v) is 5.53. The highest BCUT2D eigenvalue weighted by atomic mass is 32.2. The molecule has 1 rings (SSSR count). The van der Waals surface area contributed by atoms with Crippen LogP contribution in [0, 0.1) is 0 Å². The normalized spacial score (nSPS) is 25.0. The molecule has 0 unspecified atom stereocenters. The van der Waals surface area contributed by atoms with Crippen LogP contribution in [0.5, 0.6) is 0 Å². The predicted octanol–water partition coefficient (Wildman–Crippen LogP) is 0.186. The Bertz CT molecular complexity index is 214. The summed E-state index contributed by atoms with van der Waals surface area (Å²) in [4.78, 5) is 0. The van der Waals surface area contributed by atoms with E-state index in [-0.39, 0.29) is 3.89 Å². The maximum Gasteiger partial charge on any atom is 0.294 e. The van der Waals surface area contributed by atoms with Crippen LogP contribution in [0.15, 0.2) is 0 Å². The first-order valence-electron chi connectivity index (χ1n) is 3.50. The van der Waals surface area contributed by atoms with Crippen LogP contribution >= 0.6 is 0 Å². The third kappa shape index (κ3) is 1.18. The van der Waals surface area contributed by atoms with Gasteiger partial charge in [-0.15, -0.1) is 0 Å². The molecule has 60 valence electrons. The van der Waals surface area contributed by atoms with Crippen LogP contribution in [0.3, 0.4) is 0 Å². The van der Waals surface area contributed by atoms with Gasteiger partial charge in [-0.05, 0) is 0 Å². The standard InChI is InChI=1S/C6H14NO2S/c1-7(10(2,8)9)5-3-4-6-7/h3-6H2,1-2H3/q+1. The lowest BCUT2D eigenvalue weighted by Crippen LogP contribution is -2.45. The molecule has 0 aliphatic carbocycles. The Morgan fingerprint density at radius 2 is 1.60 bits per heavy atom. The number of rotatable bonds is 1. The lowest BCUT2D eigenvalue weighted by Gasteiger charge is -2.25. The number of likely N-dealkylation sites (tertiary alicyclic amines) is 1. The molecule has 1 aliphatic rings. The summed E-state index contributed by atoms with van der Waals surface area (Å²) in [6.45, 7) is 1.58. The molecule has 0 saturated carbocycles. The molecule has 0 bridgehead atoms. The second kappa shape index (κ2) is 2.20. The van der Waals surface area contributed by atoms with Crippen LogP contribution < -0.4 is 0 Å². The fraction of sp³-hybridized carbons (Fsp3) is 1.00. The Labute approximate surface area is 62.3 Å². The zero-order chi connectivity index (χ0) is 7.83. The van der Waals surface area contributed by atoms with E-state index >= 15 is 0 Å². The van der Waals surface area contributed by atoms with Crippen LogP contribution in [-0.2, 0) is 10.0 Å². The molecule has 0 N–H and O–H groups in total. The van der Waals surface area contributed by atoms with Gasteiger partial charge in [0.2, 0.25) is 0 Å². The summed E-state index contributed by atoms with van der Waals surface area (Å²) in [6, 6.07) is 0. The average molecular weight is 164 g/mol. The van der Waals surface area contributed by atoms with E-state index in [1.165, 1.54) is 6.26 Å². The lowest BCUT2D eigenvalue weighted by molar-refractivity contribution is -0.770. The minimum absolute atomic E-state index is 0.243. The first-order chi connectivity index (χ1) is 4.46. The molecule has 1 fully saturated rings. The summed E-state index contributed by atoms with van der Waals surface area (Å²) in [6.07, 6.45) is 3.41. The molecule has 0 atom stereocenters. The molecule has 0 aromatic heterocycles. The van der Waals surface area contributed by atoms with E-state index in [4.69, 9.17) is 0 Å². The van der Waals surface area contributed by atoms with Gasteiger partial charge in [-0.1, -0.05) is 0 Å². The molecule has 1 aliphatic heterocycles. The summed E-state index contributed by atoms with van der Waals surface area (Å²) in [7, 11) is -1.07. The maximum atomic E-state index is 11.1. The van der Waals surface area contributed by atoms with Crippen molar-refractivity contribution in [3.8, 4) is 0 Å². The molecular weight excluding hydrogens is 150 g/mol. The summed E-state index contributed by atoms with van der Waals surface area (Å²) < 4.78 is 22.5. The first kappa shape index (κ1) is 8.01. The highest BCUT2D eigenvalue weighted by molar-refractivity contribution is 7.85. The van der Waals surface area contributed by atoms with Crippen LogP contribution in [0.2, 0.25) is 0 Å². The summed E-state index contributed by atoms with van der Waals surface area (Å²) in [5.74, 6) is 0. The molecule has 0 amide bonds. The minimum Gasteiger partial charge on any atom is -0.221 e. The fourth-order valence-electron chi connectivity index (χ4n) is 1.34. The third-order valence-corrected chi connectivity index (χ3v) is 4.28. The molecule has 0 aromatic carbocycles. The number of sulfonamides is 1. The van der Waals surface area contributed by atoms with E-state index in [2.05, 4.69) is 0 Å². The third-order valence-electron chi connectivity index (χ3n) is 2.31. The van der Waals surface area contributed by atoms with Crippen molar-refractivity contribution in [1.82, 2.24) is 0 Å². The van der Waals surface area contributed by atoms with Gasteiger partial charge in [-0.25, -0.2) is 3.89 Å². The van der Waals surface area contributed by atoms with Gasteiger partial charge in [0.15, 0.2) is 0 Å². The minimum atomic E-state index is -2.86. The molecule has 1 saturated heterocycles. The van der Waals surface area contributed by atoms with Gasteiger partial charge in [0.25, 0.3) is 10.0 Å². The van der Waals surface area contributed by atoms with Gasteiger partial charge in [-0.2, -0.15) is 8.42 Å². The van der Waals surface area contributed by atoms with Crippen molar-refractivity contribution in [2.45, 2.75) is 12.8 Å². The van der Waals surface area contributed by atoms with Gasteiger partial charge in [-0.3, -0.25) is 0 Å². The van der Waals surface area contributed by atoms with E-state index in [1.807, 2.05) is 0 Å². The van der Waals surface area contributed by atoms with Crippen molar-refractivity contribution >= 4 is 10.0 Å². The summed E-state index contributed by atoms with van der Waals surface area (Å²) in [5.41, 5.74) is 0. The predicted molar refractivity (Wildman–Crippen MR) is 40.0 cm³/mol. The van der Waals surface area contributed by atoms with E-state index in [1.54, 1.807) is 7.05 Å². The van der Waals surface area contributed by atoms with Crippen molar-refractivity contribution in [2.24, 2.45) is 0 Å². The molecule has 4 heteroatoms. The molecule has 3 nitrogen and oxygen atoms in total. The average Bonchev–Trinajstić information content (AvgIpc) is 2.13. The highest BCUT2D eigenvalue weighted by Gasteiger charge is 2.36. The van der Waals surface area contributed by atoms with Gasteiger partial charge >= 0.3 is 0 Å². The Hall–Kier alpha value is -0.0900. The van der Waals surface area contributed by atoms with Crippen molar-refractivity contribution < 1.29 is 12.3 Å². The fourth-order valence-corrected chi connectivity index (χ4v) is 2.26. The van der Waals surface area contributed by atoms with Crippen molar-refractivity contribution in [3.63, 3.8) is 0 Å². The highest BCUT2D eigenvalue weighted by Crippen LogP contribution is 2.20. The molecule has 0 radical (unpaired) electrons. The first-order valence-corrected chi connectivity index (χ1v) is 5.35. The topological polar surface area (TPSA) is 34.1 Å². The maximum absolute atomic E-state index is 11.1. The Morgan fingerprint density at radius 3 is 1.80 bits per heavy atom. The summed E-state index contributed by atoms with van der Waals surface area (Å²) in [5, 5.41) is 0. The number of hydrogen-bond donors (Lipinski definition) is 0. The zero-order valence-electron chi connectivity index (χ0n) is 6.50. The Morgan fingerprint density at radius 1 is 1.20 bits per heavy atom. The molecule has 0 spiro atoms. The van der Waals surface area contributed by atoms with E-state index in [0.717, 1.165) is 25.9 Å². The van der Waals surface area contributed by atoms with E-state index in [0.29, 0.717) is 0 Å². The van der Waals surface area contributed by atoms with Crippen LogP contribution in [0.4, 0.5) is 0 Å². The quantitative estimate of drug-likeness (QED) is 0.518. The largest absolute Gasteiger partial charge is 0.294 e. The number of hydrogen-bond acceptors (Lipinski definition) is 2. The van der Waals surface area contributed by atoms with Crippen LogP contribution in [0.25, 0.3) is 0 Å². The molecule has 10 heavy (non-hydrogen) atoms. The molecule has 1 heterocycles. The number of quaternary nitrogens is 1. The van der Waals surface area contributed by atoms with Gasteiger partial charge in [0, 0.05) is 12.8 Å². The molecular formula is C6H14NO2S+. The van der Waals surface area contributed by atoms with Crippen molar-refractivity contribution in [2.75, 3.05) is 26.4 Å². The van der Waals surface area contributed by atoms with Crippen molar-refractivity contribution in [1.29, 1.82) is 0 Å². The van der Waals surface area contributed by atoms with E-state index in [9.17, 15) is 8.42 Å². The van der Waals surface area contributed by atoms with Crippen LogP contribution in [-0.4, -0.2) is 38.7 Å². The monoisotopic (exact) mass is 164 g/mol. The summed E-state index contributed by atoms with van der Waals surface area (Å²) >= 11 is 0. The van der Waals surface area contributed by atoms with Gasteiger partial charge in [0.1, 0.15) is 0 Å². The second-order valence-electron chi connectivity index (χ2n) is 3.18. The van der Waals surface area contributed by atoms with E-state index < -0.39 is 10.0 Å². The smallest absolute Gasteiger partial charge is 0.221 e. The molecule has 0 aromatic rings.